The zero-order valence-electron chi connectivity index (χ0n) is 36.5. The van der Waals surface area contributed by atoms with E-state index in [4.69, 9.17) is 4.74 Å². The Balaban J connectivity index is 0.890. The van der Waals surface area contributed by atoms with Crippen LogP contribution in [-0.4, -0.2) is 120 Å². The highest BCUT2D eigenvalue weighted by atomic mass is 16.5. The molecule has 4 aliphatic rings. The quantitative estimate of drug-likeness (QED) is 0.178. The minimum absolute atomic E-state index is 0.151. The summed E-state index contributed by atoms with van der Waals surface area (Å²) in [6.07, 6.45) is 4.35. The Morgan fingerprint density at radius 3 is 2.26 bits per heavy atom. The number of amides is 4. The van der Waals surface area contributed by atoms with Crippen LogP contribution in [0, 0.1) is 20.8 Å². The number of ether oxygens (including phenoxy) is 1. The Labute approximate surface area is 363 Å². The fourth-order valence-electron chi connectivity index (χ4n) is 9.63. The van der Waals surface area contributed by atoms with Crippen LogP contribution in [0.5, 0.6) is 0 Å². The number of aromatic nitrogens is 3. The van der Waals surface area contributed by atoms with E-state index >= 15 is 0 Å². The summed E-state index contributed by atoms with van der Waals surface area (Å²) in [5.74, 6) is -0.00529. The van der Waals surface area contributed by atoms with Gasteiger partial charge in [-0.05, 0) is 118 Å². The molecule has 6 heterocycles. The average Bonchev–Trinajstić information content (AvgIpc) is 3.28. The van der Waals surface area contributed by atoms with Gasteiger partial charge in [-0.15, -0.1) is 5.10 Å². The molecule has 15 heteroatoms. The van der Waals surface area contributed by atoms with Crippen LogP contribution in [0.1, 0.15) is 77.5 Å². The van der Waals surface area contributed by atoms with Gasteiger partial charge in [0.15, 0.2) is 5.82 Å². The van der Waals surface area contributed by atoms with Crippen molar-refractivity contribution in [2.75, 3.05) is 80.3 Å². The number of urea groups is 1. The van der Waals surface area contributed by atoms with Crippen molar-refractivity contribution in [1.29, 1.82) is 0 Å². The fraction of sp³-hybridized carbons (Fsp3) is 0.489. The molecule has 2 aromatic heterocycles. The van der Waals surface area contributed by atoms with Crippen molar-refractivity contribution in [3.63, 3.8) is 0 Å². The van der Waals surface area contributed by atoms with Crippen LogP contribution in [0.3, 0.4) is 0 Å². The summed E-state index contributed by atoms with van der Waals surface area (Å²) in [5.41, 5.74) is 8.77. The van der Waals surface area contributed by atoms with Crippen molar-refractivity contribution >= 4 is 35.0 Å². The molecule has 328 valence electrons. The molecule has 4 fully saturated rings. The van der Waals surface area contributed by atoms with Crippen molar-refractivity contribution < 1.29 is 19.1 Å². The number of aromatic amines is 1. The molecule has 0 unspecified atom stereocenters. The first-order valence-electron chi connectivity index (χ1n) is 22.3. The standard InChI is InChI=1S/C47H60N10O5/c1-5-56(39-15-24-62-25-16-39)42-28-35(27-40(33(42)4)45(59)48-29-41-31(2)26-32(3)49-46(41)60)34-6-9-37(10-7-34)54-20-22-55(23-21-54)38-12-17-53(18-13-38)30-36-8-11-43(52-51-36)57-19-14-44(58)50-47(57)61/h6-11,26-28,38-39H,5,12-25,29-30H2,1-4H3,(H,48,59)(H,49,60)(H,50,58,61). The highest BCUT2D eigenvalue weighted by molar-refractivity contribution is 6.05. The lowest BCUT2D eigenvalue weighted by molar-refractivity contribution is -0.120. The van der Waals surface area contributed by atoms with E-state index in [-0.39, 0.29) is 30.3 Å². The van der Waals surface area contributed by atoms with E-state index in [0.717, 1.165) is 131 Å². The molecule has 4 aliphatic heterocycles. The first kappa shape index (κ1) is 43.0. The summed E-state index contributed by atoms with van der Waals surface area (Å²) < 4.78 is 5.71. The zero-order valence-corrected chi connectivity index (χ0v) is 36.5. The Hall–Kier alpha value is -5.64. The number of nitrogens with one attached hydrogen (secondary N) is 3. The maximum atomic E-state index is 14.0. The zero-order chi connectivity index (χ0) is 43.3. The van der Waals surface area contributed by atoms with Gasteiger partial charge in [-0.3, -0.25) is 34.4 Å². The van der Waals surface area contributed by atoms with Crippen molar-refractivity contribution in [1.82, 2.24) is 35.6 Å². The van der Waals surface area contributed by atoms with E-state index in [2.05, 4.69) is 82.7 Å². The van der Waals surface area contributed by atoms with Crippen LogP contribution in [0.2, 0.25) is 0 Å². The normalized spacial score (nSPS) is 18.5. The highest BCUT2D eigenvalue weighted by Crippen LogP contribution is 2.35. The number of hydrogen-bond acceptors (Lipinski definition) is 11. The second-order valence-corrected chi connectivity index (χ2v) is 17.1. The van der Waals surface area contributed by atoms with Gasteiger partial charge in [-0.1, -0.05) is 12.1 Å². The monoisotopic (exact) mass is 844 g/mol. The van der Waals surface area contributed by atoms with E-state index < -0.39 is 6.03 Å². The number of carbonyl (C=O) groups is 3. The number of nitrogens with zero attached hydrogens (tertiary/aromatic N) is 7. The van der Waals surface area contributed by atoms with Crippen molar-refractivity contribution in [2.45, 2.75) is 85.0 Å². The molecular weight excluding hydrogens is 785 g/mol. The molecule has 0 radical (unpaired) electrons. The lowest BCUT2D eigenvalue weighted by Crippen LogP contribution is -2.53. The SMILES string of the molecule is CCN(c1cc(-c2ccc(N3CCN(C4CCN(Cc5ccc(N6CCC(=O)NC6=O)nn5)CC4)CC3)cc2)cc(C(=O)NCc2c(C)cc(C)[nH]c2=O)c1C)C1CCOCC1. The maximum absolute atomic E-state index is 14.0. The van der Waals surface area contributed by atoms with E-state index in [0.29, 0.717) is 35.6 Å². The number of benzene rings is 2. The number of piperidine rings is 1. The molecule has 4 saturated heterocycles. The minimum atomic E-state index is -0.453. The van der Waals surface area contributed by atoms with Gasteiger partial charge in [0.1, 0.15) is 0 Å². The number of H-pyrrole nitrogens is 1. The van der Waals surface area contributed by atoms with Crippen LogP contribution >= 0.6 is 0 Å². The largest absolute Gasteiger partial charge is 0.381 e. The molecule has 0 bridgehead atoms. The number of piperazine rings is 1. The number of aryl methyl sites for hydroxylation is 2. The topological polar surface area (TPSA) is 159 Å². The molecule has 3 N–H and O–H groups in total. The molecule has 4 aromatic rings. The highest BCUT2D eigenvalue weighted by Gasteiger charge is 2.30. The second kappa shape index (κ2) is 19.2. The fourth-order valence-corrected chi connectivity index (χ4v) is 9.63. The van der Waals surface area contributed by atoms with Crippen LogP contribution in [0.4, 0.5) is 22.0 Å². The van der Waals surface area contributed by atoms with Crippen LogP contribution in [-0.2, 0) is 22.6 Å². The van der Waals surface area contributed by atoms with Crippen molar-refractivity contribution in [3.05, 3.63) is 98.6 Å². The Kier molecular flexibility index (Phi) is 13.3. The predicted octanol–water partition coefficient (Wildman–Crippen LogP) is 4.93. The number of anilines is 3. The first-order valence-corrected chi connectivity index (χ1v) is 22.3. The third-order valence-corrected chi connectivity index (χ3v) is 13.2. The van der Waals surface area contributed by atoms with Crippen molar-refractivity contribution in [2.24, 2.45) is 0 Å². The van der Waals surface area contributed by atoms with Gasteiger partial charge in [-0.2, -0.15) is 5.10 Å². The van der Waals surface area contributed by atoms with Gasteiger partial charge in [0.25, 0.3) is 11.5 Å². The van der Waals surface area contributed by atoms with E-state index in [1.54, 1.807) is 0 Å². The minimum Gasteiger partial charge on any atom is -0.381 e. The summed E-state index contributed by atoms with van der Waals surface area (Å²) in [5, 5.41) is 14.1. The second-order valence-electron chi connectivity index (χ2n) is 17.1. The summed E-state index contributed by atoms with van der Waals surface area (Å²) in [7, 11) is 0. The summed E-state index contributed by atoms with van der Waals surface area (Å²) in [6.45, 7) is 17.4. The van der Waals surface area contributed by atoms with E-state index in [1.807, 2.05) is 45.0 Å². The molecule has 0 aliphatic carbocycles. The van der Waals surface area contributed by atoms with Gasteiger partial charge < -0.3 is 24.8 Å². The lowest BCUT2D eigenvalue weighted by atomic mass is 9.95. The molecule has 0 saturated carbocycles. The molecule has 2 aromatic carbocycles. The van der Waals surface area contributed by atoms with Crippen LogP contribution in [0.15, 0.2) is 59.4 Å². The lowest BCUT2D eigenvalue weighted by Gasteiger charge is -2.43. The van der Waals surface area contributed by atoms with Gasteiger partial charge in [-0.25, -0.2) is 4.79 Å². The molecule has 0 atom stereocenters. The molecule has 62 heavy (non-hydrogen) atoms. The molecule has 8 rings (SSSR count). The third-order valence-electron chi connectivity index (χ3n) is 13.2. The molecule has 4 amide bonds. The Bertz CT molecular complexity index is 2290. The number of pyridine rings is 1. The summed E-state index contributed by atoms with van der Waals surface area (Å²) >= 11 is 0. The Morgan fingerprint density at radius 2 is 1.60 bits per heavy atom. The van der Waals surface area contributed by atoms with Gasteiger partial charge in [0, 0.05) is 125 Å². The number of likely N-dealkylation sites (tertiary alicyclic amines) is 1. The van der Waals surface area contributed by atoms with E-state index in [9.17, 15) is 19.2 Å². The van der Waals surface area contributed by atoms with Gasteiger partial charge in [0.05, 0.1) is 5.69 Å². The summed E-state index contributed by atoms with van der Waals surface area (Å²) in [4.78, 5) is 64.8. The van der Waals surface area contributed by atoms with Crippen LogP contribution < -0.4 is 30.9 Å². The number of rotatable bonds is 12. The maximum Gasteiger partial charge on any atom is 0.329 e. The predicted molar refractivity (Wildman–Crippen MR) is 241 cm³/mol. The number of imide groups is 1. The average molecular weight is 845 g/mol. The number of hydrogen-bond donors (Lipinski definition) is 3. The van der Waals surface area contributed by atoms with Crippen LogP contribution in [0.25, 0.3) is 11.1 Å². The van der Waals surface area contributed by atoms with Crippen molar-refractivity contribution in [3.8, 4) is 11.1 Å². The summed E-state index contributed by atoms with van der Waals surface area (Å²) in [6, 6.07) is 19.1. The Morgan fingerprint density at radius 1 is 0.855 bits per heavy atom. The smallest absolute Gasteiger partial charge is 0.329 e. The van der Waals surface area contributed by atoms with Gasteiger partial charge in [0.2, 0.25) is 5.91 Å². The first-order chi connectivity index (χ1) is 30.0. The number of carbonyl (C=O) groups excluding carboxylic acids is 3. The molecular formula is C47H60N10O5. The van der Waals surface area contributed by atoms with E-state index in [1.165, 1.54) is 10.6 Å². The molecule has 15 nitrogen and oxygen atoms in total. The molecule has 0 spiro atoms. The third kappa shape index (κ3) is 9.69. The van der Waals surface area contributed by atoms with Gasteiger partial charge >= 0.3 is 6.03 Å².